The van der Waals surface area contributed by atoms with Crippen molar-refractivity contribution in [3.05, 3.63) is 267 Å². The maximum atomic E-state index is 7.35. The van der Waals surface area contributed by atoms with Crippen molar-refractivity contribution < 1.29 is 44.8 Å². The van der Waals surface area contributed by atoms with Gasteiger partial charge in [0.05, 0.1) is 0 Å². The van der Waals surface area contributed by atoms with Gasteiger partial charge in [-0.05, 0) is 80.8 Å². The Bertz CT molecular complexity index is 3120. The normalized spacial score (nSPS) is 11.2. The smallest absolute Gasteiger partial charge is 0.366 e. The molecule has 0 fully saturated rings. The zero-order valence-corrected chi connectivity index (χ0v) is 41.9. The molecule has 2 heterocycles. The molecule has 0 saturated carbocycles. The summed E-state index contributed by atoms with van der Waals surface area (Å²) in [6.45, 7) is 0. The van der Waals surface area contributed by atoms with E-state index in [0.717, 1.165) is 43.5 Å². The Morgan fingerprint density at radius 1 is 0.318 bits per heavy atom. The molecule has 11 rings (SSSR count). The topological polar surface area (TPSA) is 25.8 Å². The van der Waals surface area contributed by atoms with Gasteiger partial charge in [-0.15, -0.1) is 23.3 Å². The first kappa shape index (κ1) is 47.7. The van der Waals surface area contributed by atoms with E-state index in [0.29, 0.717) is 0 Å². The molecule has 11 aromatic rings. The van der Waals surface area contributed by atoms with Gasteiger partial charge in [-0.1, -0.05) is 168 Å². The van der Waals surface area contributed by atoms with E-state index in [4.69, 9.17) is 22.8 Å². The molecule has 9 aromatic carbocycles. The van der Waals surface area contributed by atoms with Gasteiger partial charge in [-0.3, -0.25) is 11.8 Å². The maximum absolute atomic E-state index is 7.35. The van der Waals surface area contributed by atoms with Crippen molar-refractivity contribution in [1.29, 1.82) is 0 Å². The molecule has 66 heavy (non-hydrogen) atoms. The van der Waals surface area contributed by atoms with Crippen molar-refractivity contribution in [2.75, 3.05) is 0 Å². The van der Waals surface area contributed by atoms with Crippen LogP contribution < -0.4 is 32.1 Å². The van der Waals surface area contributed by atoms with Crippen LogP contribution in [0, 0.1) is 24.7 Å². The van der Waals surface area contributed by atoms with Gasteiger partial charge in [-0.2, -0.15) is 0 Å². The molecule has 2 nitrogen and oxygen atoms in total. The predicted octanol–water partition coefficient (Wildman–Crippen LogP) is 11.3. The number of pyridine rings is 2. The summed E-state index contributed by atoms with van der Waals surface area (Å²) in [4.78, 5) is 9.64. The quantitative estimate of drug-likeness (QED) is 0.0545. The number of nitrogens with zero attached hydrogens (tertiary/aromatic N) is 2. The van der Waals surface area contributed by atoms with Gasteiger partial charge in [0.15, 0.2) is 10.9 Å². The summed E-state index contributed by atoms with van der Waals surface area (Å²) in [6, 6.07) is 80.0. The second kappa shape index (κ2) is 23.3. The molecule has 0 bridgehead atoms. The Morgan fingerprint density at radius 2 is 0.636 bits per heavy atom. The number of hydrogen-bond donors (Lipinski definition) is 0. The molecule has 0 aliphatic rings. The van der Waals surface area contributed by atoms with Gasteiger partial charge in [0.1, 0.15) is 37.1 Å². The molecular formula is C60H42Au2N2P2+2. The second-order valence-corrected chi connectivity index (χ2v) is 19.8. The number of fused-ring (bicyclic) bond motifs is 6. The number of aromatic nitrogens is 2. The molecule has 0 saturated heterocycles. The Morgan fingerprint density at radius 3 is 1.00 bits per heavy atom. The molecular weight excluding hydrogens is 1200 g/mol. The third-order valence-electron chi connectivity index (χ3n) is 11.2. The summed E-state index contributed by atoms with van der Waals surface area (Å²) < 4.78 is 0. The Labute approximate surface area is 421 Å². The van der Waals surface area contributed by atoms with Crippen molar-refractivity contribution in [2.24, 2.45) is 0 Å². The van der Waals surface area contributed by atoms with E-state index in [2.05, 4.69) is 157 Å². The molecule has 2 atom stereocenters. The fourth-order valence-electron chi connectivity index (χ4n) is 8.35. The molecule has 0 radical (unpaired) electrons. The molecule has 0 N–H and O–H groups in total. The zero-order chi connectivity index (χ0) is 43.5. The van der Waals surface area contributed by atoms with Crippen LogP contribution in [0.3, 0.4) is 0 Å². The first-order chi connectivity index (χ1) is 31.7. The Hall–Kier alpha value is -6.22. The summed E-state index contributed by atoms with van der Waals surface area (Å²) in [7, 11) is -2.56. The Kier molecular flexibility index (Phi) is 16.8. The Balaban J connectivity index is 0.000000160. The van der Waals surface area contributed by atoms with Gasteiger partial charge in [0.25, 0.3) is 0 Å². The van der Waals surface area contributed by atoms with Crippen LogP contribution in [0.4, 0.5) is 0 Å². The van der Waals surface area contributed by atoms with E-state index < -0.39 is 15.8 Å². The SMILES string of the molecule is [Au+].[Au+].[C-]#Cc1cc2ccccc2c2ccccc12.[C-]#Cc1cc2ccccc2c2ccccc12.c1ccc([PH+](c2ccccn2)c2ccccc2[PH+](c2ccccc2)c2ccccn2)cc1. The molecule has 0 aliphatic carbocycles. The van der Waals surface area contributed by atoms with Crippen molar-refractivity contribution in [1.82, 2.24) is 9.97 Å². The van der Waals surface area contributed by atoms with Crippen molar-refractivity contribution in [2.45, 2.75) is 0 Å². The third kappa shape index (κ3) is 10.6. The van der Waals surface area contributed by atoms with E-state index in [1.807, 2.05) is 97.3 Å². The zero-order valence-electron chi connectivity index (χ0n) is 35.6. The van der Waals surface area contributed by atoms with E-state index in [9.17, 15) is 0 Å². The summed E-state index contributed by atoms with van der Waals surface area (Å²) in [5.41, 5.74) is 4.03. The molecule has 2 unspecified atom stereocenters. The summed E-state index contributed by atoms with van der Waals surface area (Å²) in [5, 5.41) is 14.8. The molecule has 2 aromatic heterocycles. The van der Waals surface area contributed by atoms with Crippen LogP contribution in [0.2, 0.25) is 0 Å². The van der Waals surface area contributed by atoms with E-state index in [1.54, 1.807) is 0 Å². The van der Waals surface area contributed by atoms with E-state index in [-0.39, 0.29) is 44.8 Å². The van der Waals surface area contributed by atoms with Crippen LogP contribution in [0.15, 0.2) is 243 Å². The van der Waals surface area contributed by atoms with Crippen LogP contribution in [-0.2, 0) is 44.8 Å². The molecule has 0 spiro atoms. The van der Waals surface area contributed by atoms with Crippen LogP contribution >= 0.6 is 15.8 Å². The average Bonchev–Trinajstić information content (AvgIpc) is 3.38. The van der Waals surface area contributed by atoms with Crippen LogP contribution in [0.25, 0.3) is 43.1 Å². The van der Waals surface area contributed by atoms with Gasteiger partial charge in [0, 0.05) is 24.5 Å². The summed E-state index contributed by atoms with van der Waals surface area (Å²) >= 11 is 0. The summed E-state index contributed by atoms with van der Waals surface area (Å²) in [6.07, 6.45) is 18.5. The number of rotatable bonds is 6. The van der Waals surface area contributed by atoms with Crippen LogP contribution in [-0.4, -0.2) is 9.97 Å². The van der Waals surface area contributed by atoms with E-state index in [1.165, 1.54) is 42.8 Å². The first-order valence-electron chi connectivity index (χ1n) is 21.2. The maximum Gasteiger partial charge on any atom is 1.00 e. The van der Waals surface area contributed by atoms with Crippen LogP contribution in [0.1, 0.15) is 11.1 Å². The fraction of sp³-hybridized carbons (Fsp3) is 0. The van der Waals surface area contributed by atoms with Crippen molar-refractivity contribution in [3.63, 3.8) is 0 Å². The van der Waals surface area contributed by atoms with Gasteiger partial charge < -0.3 is 12.8 Å². The summed E-state index contributed by atoms with van der Waals surface area (Å²) in [5.74, 6) is 5.02. The fourth-order valence-corrected chi connectivity index (χ4v) is 14.1. The van der Waals surface area contributed by atoms with E-state index >= 15 is 0 Å². The molecule has 0 aliphatic heterocycles. The molecule has 322 valence electrons. The number of benzene rings is 9. The largest absolute Gasteiger partial charge is 1.00 e. The van der Waals surface area contributed by atoms with Gasteiger partial charge in [-0.25, -0.2) is 9.97 Å². The van der Waals surface area contributed by atoms with Crippen molar-refractivity contribution in [3.8, 4) is 11.8 Å². The molecule has 6 heteroatoms. The minimum Gasteiger partial charge on any atom is -0.366 e. The standard InChI is InChI=1S/C28H22N2P2.2C16H9.2Au/c1-3-13-23(14-4-1)31(27-19-9-11-21-29-27)25-17-7-8-18-26(25)32(24-15-5-2-6-16-24)28-20-10-12-22-30-28;2*1-2-12-11-13-7-3-4-9-15(13)16-10-6-5-8-14(12)16;;/h1-22H;2*3-11H;;/q;2*-1;2*+1/p+2. The minimum atomic E-state index is -1.28. The second-order valence-electron chi connectivity index (χ2n) is 15.1. The molecule has 0 amide bonds. The van der Waals surface area contributed by atoms with Gasteiger partial charge >= 0.3 is 44.8 Å². The first-order valence-corrected chi connectivity index (χ1v) is 24.2. The predicted molar refractivity (Wildman–Crippen MR) is 278 cm³/mol. The van der Waals surface area contributed by atoms with Crippen LogP contribution in [0.5, 0.6) is 0 Å². The minimum absolute atomic E-state index is 0. The van der Waals surface area contributed by atoms with Crippen molar-refractivity contribution >= 4 is 91.0 Å². The number of hydrogen-bond acceptors (Lipinski definition) is 2. The third-order valence-corrected chi connectivity index (χ3v) is 16.9. The van der Waals surface area contributed by atoms with Gasteiger partial charge in [0.2, 0.25) is 0 Å². The average molecular weight is 1250 g/mol. The monoisotopic (exact) mass is 1250 g/mol.